The van der Waals surface area contributed by atoms with Crippen LogP contribution < -0.4 is 20.5 Å². The fourth-order valence-corrected chi connectivity index (χ4v) is 2.52. The van der Waals surface area contributed by atoms with E-state index >= 15 is 0 Å². The van der Waals surface area contributed by atoms with Gasteiger partial charge in [0.25, 0.3) is 0 Å². The van der Waals surface area contributed by atoms with Crippen molar-refractivity contribution in [3.05, 3.63) is 24.3 Å². The van der Waals surface area contributed by atoms with Crippen LogP contribution >= 0.6 is 0 Å². The summed E-state index contributed by atoms with van der Waals surface area (Å²) in [6.07, 6.45) is 0. The third-order valence-corrected chi connectivity index (χ3v) is 4.89. The molecule has 1 rings (SSSR count). The number of amides is 2. The summed E-state index contributed by atoms with van der Waals surface area (Å²) in [6.45, 7) is 1.70. The van der Waals surface area contributed by atoms with Crippen molar-refractivity contribution in [2.24, 2.45) is 5.14 Å². The van der Waals surface area contributed by atoms with Crippen molar-refractivity contribution in [3.8, 4) is 0 Å². The summed E-state index contributed by atoms with van der Waals surface area (Å²) >= 11 is 0. The summed E-state index contributed by atoms with van der Waals surface area (Å²) in [5.74, 6) is -0.0321. The molecule has 124 valence electrons. The van der Waals surface area contributed by atoms with Gasteiger partial charge in [0, 0.05) is 18.8 Å². The molecule has 0 atom stereocenters. The largest absolute Gasteiger partial charge is 0.337 e. The Morgan fingerprint density at radius 1 is 1.09 bits per heavy atom. The highest BCUT2D eigenvalue weighted by atomic mass is 32.2. The number of nitrogens with two attached hydrogens (primary N) is 1. The van der Waals surface area contributed by atoms with Gasteiger partial charge in [-0.3, -0.25) is 0 Å². The molecular formula is C11H18N4O5S2. The molecule has 1 aromatic carbocycles. The molecule has 0 aliphatic heterocycles. The molecule has 2 amide bonds. The highest BCUT2D eigenvalue weighted by Gasteiger charge is 2.08. The minimum Gasteiger partial charge on any atom is -0.337 e. The van der Waals surface area contributed by atoms with Crippen LogP contribution in [0.2, 0.25) is 0 Å². The Hall–Kier alpha value is -1.69. The van der Waals surface area contributed by atoms with Crippen LogP contribution in [0.4, 0.5) is 10.5 Å². The smallest absolute Gasteiger partial charge is 0.319 e. The maximum atomic E-state index is 11.5. The fraction of sp³-hybridized carbons (Fsp3) is 0.364. The van der Waals surface area contributed by atoms with Crippen molar-refractivity contribution in [1.82, 2.24) is 10.0 Å². The Morgan fingerprint density at radius 3 is 2.18 bits per heavy atom. The van der Waals surface area contributed by atoms with E-state index in [4.69, 9.17) is 5.14 Å². The quantitative estimate of drug-likeness (QED) is 0.484. The Kier molecular flexibility index (Phi) is 6.29. The number of nitrogens with one attached hydrogen (secondary N) is 3. The molecule has 0 heterocycles. The van der Waals surface area contributed by atoms with Crippen molar-refractivity contribution in [2.75, 3.05) is 24.2 Å². The van der Waals surface area contributed by atoms with E-state index in [0.717, 1.165) is 0 Å². The second-order valence-corrected chi connectivity index (χ2v) is 7.90. The molecule has 0 spiro atoms. The molecule has 0 aliphatic rings. The van der Waals surface area contributed by atoms with Gasteiger partial charge in [0.1, 0.15) is 0 Å². The van der Waals surface area contributed by atoms with Crippen LogP contribution in [0.3, 0.4) is 0 Å². The molecule has 0 fully saturated rings. The van der Waals surface area contributed by atoms with Crippen LogP contribution in [0, 0.1) is 0 Å². The van der Waals surface area contributed by atoms with Gasteiger partial charge in [-0.1, -0.05) is 0 Å². The average Bonchev–Trinajstić information content (AvgIpc) is 2.43. The summed E-state index contributed by atoms with van der Waals surface area (Å²) in [5.41, 5.74) is 0.374. The molecule has 0 saturated heterocycles. The van der Waals surface area contributed by atoms with E-state index in [2.05, 4.69) is 15.4 Å². The lowest BCUT2D eigenvalue weighted by Gasteiger charge is -2.08. The van der Waals surface area contributed by atoms with Gasteiger partial charge in [-0.05, 0) is 31.2 Å². The first kappa shape index (κ1) is 18.4. The van der Waals surface area contributed by atoms with Crippen LogP contribution in [0.15, 0.2) is 29.2 Å². The van der Waals surface area contributed by atoms with Crippen LogP contribution in [0.5, 0.6) is 0 Å². The molecule has 0 bridgehead atoms. The zero-order chi connectivity index (χ0) is 16.8. The molecule has 0 unspecified atom stereocenters. The standard InChI is InChI=1S/C11H18N4O5S2/c1-2-21(17,18)14-8-7-13-11(16)15-9-3-5-10(6-4-9)22(12,19)20/h3-6,14H,2,7-8H2,1H3,(H2,12,19,20)(H2,13,15,16). The lowest BCUT2D eigenvalue weighted by atomic mass is 10.3. The van der Waals surface area contributed by atoms with Crippen molar-refractivity contribution in [1.29, 1.82) is 0 Å². The molecule has 0 saturated carbocycles. The van der Waals surface area contributed by atoms with Gasteiger partial charge < -0.3 is 10.6 Å². The maximum Gasteiger partial charge on any atom is 0.319 e. The Morgan fingerprint density at radius 2 is 1.68 bits per heavy atom. The number of anilines is 1. The number of hydrogen-bond donors (Lipinski definition) is 4. The molecule has 9 nitrogen and oxygen atoms in total. The SMILES string of the molecule is CCS(=O)(=O)NCCNC(=O)Nc1ccc(S(N)(=O)=O)cc1. The van der Waals surface area contributed by atoms with E-state index in [1.807, 2.05) is 0 Å². The van der Waals surface area contributed by atoms with Crippen LogP contribution in [-0.4, -0.2) is 41.7 Å². The van der Waals surface area contributed by atoms with E-state index in [0.29, 0.717) is 5.69 Å². The summed E-state index contributed by atoms with van der Waals surface area (Å²) in [5, 5.41) is 9.87. The molecular weight excluding hydrogens is 332 g/mol. The van der Waals surface area contributed by atoms with E-state index in [1.54, 1.807) is 0 Å². The van der Waals surface area contributed by atoms with Gasteiger partial charge in [-0.2, -0.15) is 0 Å². The van der Waals surface area contributed by atoms with E-state index in [1.165, 1.54) is 31.2 Å². The monoisotopic (exact) mass is 350 g/mol. The van der Waals surface area contributed by atoms with Crippen molar-refractivity contribution in [2.45, 2.75) is 11.8 Å². The minimum atomic E-state index is -3.78. The molecule has 0 aliphatic carbocycles. The van der Waals surface area contributed by atoms with Crippen LogP contribution in [-0.2, 0) is 20.0 Å². The van der Waals surface area contributed by atoms with Gasteiger partial charge in [0.05, 0.1) is 10.6 Å². The molecule has 1 aromatic rings. The topological polar surface area (TPSA) is 147 Å². The maximum absolute atomic E-state index is 11.5. The number of carbonyl (C=O) groups is 1. The Balaban J connectivity index is 2.43. The predicted molar refractivity (Wildman–Crippen MR) is 82.3 cm³/mol. The molecule has 11 heteroatoms. The first-order valence-electron chi connectivity index (χ1n) is 6.29. The third kappa shape index (κ3) is 6.39. The lowest BCUT2D eigenvalue weighted by Crippen LogP contribution is -2.37. The number of carbonyl (C=O) groups excluding carboxylic acids is 1. The summed E-state index contributed by atoms with van der Waals surface area (Å²) in [6, 6.07) is 4.76. The average molecular weight is 350 g/mol. The molecule has 22 heavy (non-hydrogen) atoms. The zero-order valence-corrected chi connectivity index (χ0v) is 13.5. The molecule has 0 radical (unpaired) electrons. The van der Waals surface area contributed by atoms with Crippen LogP contribution in [0.1, 0.15) is 6.92 Å². The zero-order valence-electron chi connectivity index (χ0n) is 11.9. The first-order valence-corrected chi connectivity index (χ1v) is 9.49. The van der Waals surface area contributed by atoms with Gasteiger partial charge in [-0.25, -0.2) is 31.5 Å². The molecule has 0 aromatic heterocycles. The van der Waals surface area contributed by atoms with E-state index in [9.17, 15) is 21.6 Å². The second kappa shape index (κ2) is 7.54. The second-order valence-electron chi connectivity index (χ2n) is 4.25. The van der Waals surface area contributed by atoms with Gasteiger partial charge in [-0.15, -0.1) is 0 Å². The summed E-state index contributed by atoms with van der Waals surface area (Å²) in [7, 11) is -7.06. The highest BCUT2D eigenvalue weighted by Crippen LogP contribution is 2.12. The summed E-state index contributed by atoms with van der Waals surface area (Å²) < 4.78 is 46.7. The molecule has 5 N–H and O–H groups in total. The Bertz CT molecular complexity index is 713. The number of primary sulfonamides is 1. The summed E-state index contributed by atoms with van der Waals surface area (Å²) in [4.78, 5) is 11.5. The minimum absolute atomic E-state index is 0.0321. The number of rotatable bonds is 7. The third-order valence-electron chi connectivity index (χ3n) is 2.55. The fourth-order valence-electron chi connectivity index (χ4n) is 1.39. The van der Waals surface area contributed by atoms with Crippen molar-refractivity contribution < 1.29 is 21.6 Å². The van der Waals surface area contributed by atoms with Gasteiger partial charge >= 0.3 is 6.03 Å². The highest BCUT2D eigenvalue weighted by molar-refractivity contribution is 7.89. The lowest BCUT2D eigenvalue weighted by molar-refractivity contribution is 0.252. The van der Waals surface area contributed by atoms with Gasteiger partial charge in [0.15, 0.2) is 0 Å². The van der Waals surface area contributed by atoms with Crippen molar-refractivity contribution in [3.63, 3.8) is 0 Å². The Labute approximate surface area is 129 Å². The van der Waals surface area contributed by atoms with E-state index in [-0.39, 0.29) is 23.7 Å². The first-order chi connectivity index (χ1) is 10.1. The van der Waals surface area contributed by atoms with E-state index < -0.39 is 26.1 Å². The predicted octanol–water partition coefficient (Wildman–Crippen LogP) is -0.605. The van der Waals surface area contributed by atoms with Gasteiger partial charge in [0.2, 0.25) is 20.0 Å². The van der Waals surface area contributed by atoms with Crippen molar-refractivity contribution >= 4 is 31.8 Å². The number of urea groups is 1. The van der Waals surface area contributed by atoms with Crippen LogP contribution in [0.25, 0.3) is 0 Å². The number of sulfonamides is 2. The number of benzene rings is 1. The normalized spacial score (nSPS) is 11.9. The number of hydrogen-bond acceptors (Lipinski definition) is 5.